The summed E-state index contributed by atoms with van der Waals surface area (Å²) in [5.74, 6) is 0.527. The number of hydrogen-bond donors (Lipinski definition) is 1. The van der Waals surface area contributed by atoms with E-state index in [2.05, 4.69) is 0 Å². The maximum atomic E-state index is 12.3. The van der Waals surface area contributed by atoms with Crippen LogP contribution in [0.1, 0.15) is 28.9 Å². The third-order valence-electron chi connectivity index (χ3n) is 3.25. The van der Waals surface area contributed by atoms with E-state index in [1.807, 2.05) is 9.47 Å². The fraction of sp³-hybridized carbons (Fsp3) is 0.667. The van der Waals surface area contributed by atoms with Crippen molar-refractivity contribution < 1.29 is 9.53 Å². The fourth-order valence-corrected chi connectivity index (χ4v) is 3.56. The summed E-state index contributed by atoms with van der Waals surface area (Å²) in [6, 6.07) is 0. The SMILES string of the molecule is COCCCn1c(N)c(C(=O)N2CCCC2)sc1=S. The van der Waals surface area contributed by atoms with Crippen molar-refractivity contribution in [2.24, 2.45) is 0 Å². The van der Waals surface area contributed by atoms with E-state index >= 15 is 0 Å². The third kappa shape index (κ3) is 3.16. The molecule has 0 aromatic carbocycles. The Bertz CT molecular complexity index is 504. The highest BCUT2D eigenvalue weighted by atomic mass is 32.1. The number of amides is 1. The van der Waals surface area contributed by atoms with Gasteiger partial charge in [0.15, 0.2) is 3.95 Å². The molecule has 1 amide bonds. The second-order valence-corrected chi connectivity index (χ2v) is 6.22. The molecule has 1 fully saturated rings. The predicted molar refractivity (Wildman–Crippen MR) is 79.2 cm³/mol. The van der Waals surface area contributed by atoms with Gasteiger partial charge >= 0.3 is 0 Å². The zero-order valence-corrected chi connectivity index (χ0v) is 12.7. The molecule has 1 aliphatic heterocycles. The molecule has 0 aliphatic carbocycles. The fourth-order valence-electron chi connectivity index (χ4n) is 2.21. The Morgan fingerprint density at radius 1 is 1.47 bits per heavy atom. The summed E-state index contributed by atoms with van der Waals surface area (Å²) in [6.45, 7) is 3.01. The van der Waals surface area contributed by atoms with Crippen molar-refractivity contribution in [1.29, 1.82) is 0 Å². The number of thiazole rings is 1. The molecule has 1 aromatic rings. The Morgan fingerprint density at radius 3 is 2.79 bits per heavy atom. The summed E-state index contributed by atoms with van der Waals surface area (Å²) in [7, 11) is 1.67. The highest BCUT2D eigenvalue weighted by molar-refractivity contribution is 7.73. The van der Waals surface area contributed by atoms with Gasteiger partial charge in [0.05, 0.1) is 0 Å². The number of carbonyl (C=O) groups is 1. The van der Waals surface area contributed by atoms with E-state index in [0.717, 1.165) is 32.4 Å². The Balaban J connectivity index is 2.15. The van der Waals surface area contributed by atoms with Gasteiger partial charge in [0.25, 0.3) is 5.91 Å². The van der Waals surface area contributed by atoms with E-state index < -0.39 is 0 Å². The van der Waals surface area contributed by atoms with Gasteiger partial charge in [0, 0.05) is 33.4 Å². The Kier molecular flexibility index (Phi) is 4.95. The quantitative estimate of drug-likeness (QED) is 0.668. The van der Waals surface area contributed by atoms with Crippen LogP contribution in [0.3, 0.4) is 0 Å². The maximum Gasteiger partial charge on any atom is 0.267 e. The van der Waals surface area contributed by atoms with Crippen LogP contribution < -0.4 is 5.73 Å². The third-order valence-corrected chi connectivity index (χ3v) is 4.70. The first-order chi connectivity index (χ1) is 9.15. The Hall–Kier alpha value is -0.920. The topological polar surface area (TPSA) is 60.5 Å². The zero-order chi connectivity index (χ0) is 13.8. The minimum atomic E-state index is 0.0246. The molecule has 0 unspecified atom stereocenters. The minimum Gasteiger partial charge on any atom is -0.385 e. The molecule has 0 bridgehead atoms. The zero-order valence-electron chi connectivity index (χ0n) is 11.1. The summed E-state index contributed by atoms with van der Waals surface area (Å²) in [6.07, 6.45) is 2.99. The molecular formula is C12H19N3O2S2. The molecule has 0 spiro atoms. The van der Waals surface area contributed by atoms with Gasteiger partial charge in [0.2, 0.25) is 0 Å². The summed E-state index contributed by atoms with van der Waals surface area (Å²) in [5.41, 5.74) is 6.07. The molecule has 1 aliphatic rings. The lowest BCUT2D eigenvalue weighted by Gasteiger charge is -2.14. The first kappa shape index (κ1) is 14.5. The van der Waals surface area contributed by atoms with E-state index in [4.69, 9.17) is 22.7 Å². The van der Waals surface area contributed by atoms with Crippen molar-refractivity contribution in [3.63, 3.8) is 0 Å². The molecule has 0 radical (unpaired) electrons. The maximum absolute atomic E-state index is 12.3. The largest absolute Gasteiger partial charge is 0.385 e. The average Bonchev–Trinajstić information content (AvgIpc) is 3.01. The van der Waals surface area contributed by atoms with Gasteiger partial charge in [-0.25, -0.2) is 0 Å². The number of hydrogen-bond acceptors (Lipinski definition) is 5. The van der Waals surface area contributed by atoms with Gasteiger partial charge < -0.3 is 19.9 Å². The number of likely N-dealkylation sites (tertiary alicyclic amines) is 1. The van der Waals surface area contributed by atoms with Crippen LogP contribution in [0.25, 0.3) is 0 Å². The number of aromatic nitrogens is 1. The van der Waals surface area contributed by atoms with Crippen molar-refractivity contribution in [3.05, 3.63) is 8.83 Å². The van der Waals surface area contributed by atoms with E-state index in [1.54, 1.807) is 7.11 Å². The molecule has 2 N–H and O–H groups in total. The van der Waals surface area contributed by atoms with Crippen LogP contribution in [0.4, 0.5) is 5.82 Å². The molecule has 19 heavy (non-hydrogen) atoms. The number of rotatable bonds is 5. The van der Waals surface area contributed by atoms with Gasteiger partial charge in [-0.15, -0.1) is 0 Å². The van der Waals surface area contributed by atoms with Gasteiger partial charge in [0.1, 0.15) is 10.7 Å². The second kappa shape index (κ2) is 6.49. The number of nitrogen functional groups attached to an aromatic ring is 1. The van der Waals surface area contributed by atoms with E-state index in [0.29, 0.717) is 27.8 Å². The number of nitrogens with zero attached hydrogens (tertiary/aromatic N) is 2. The minimum absolute atomic E-state index is 0.0246. The van der Waals surface area contributed by atoms with Crippen LogP contribution in [0.5, 0.6) is 0 Å². The van der Waals surface area contributed by atoms with Crippen molar-refractivity contribution in [3.8, 4) is 0 Å². The molecule has 2 rings (SSSR count). The molecule has 5 nitrogen and oxygen atoms in total. The van der Waals surface area contributed by atoms with Crippen molar-refractivity contribution in [1.82, 2.24) is 9.47 Å². The number of anilines is 1. The number of ether oxygens (including phenoxy) is 1. The molecule has 0 saturated carbocycles. The lowest BCUT2D eigenvalue weighted by Crippen LogP contribution is -2.27. The Morgan fingerprint density at radius 2 is 2.16 bits per heavy atom. The summed E-state index contributed by atoms with van der Waals surface area (Å²) >= 11 is 6.61. The number of nitrogens with two attached hydrogens (primary N) is 1. The summed E-state index contributed by atoms with van der Waals surface area (Å²) in [5, 5.41) is 0. The first-order valence-electron chi connectivity index (χ1n) is 6.42. The van der Waals surface area contributed by atoms with Crippen molar-refractivity contribution in [2.75, 3.05) is 32.5 Å². The van der Waals surface area contributed by atoms with Crippen LogP contribution in [0.2, 0.25) is 0 Å². The lowest BCUT2D eigenvalue weighted by molar-refractivity contribution is 0.0798. The summed E-state index contributed by atoms with van der Waals surface area (Å²) in [4.78, 5) is 14.8. The highest BCUT2D eigenvalue weighted by Crippen LogP contribution is 2.25. The van der Waals surface area contributed by atoms with Crippen LogP contribution in [0, 0.1) is 3.95 Å². The molecule has 2 heterocycles. The molecule has 1 saturated heterocycles. The molecule has 0 atom stereocenters. The first-order valence-corrected chi connectivity index (χ1v) is 7.65. The van der Waals surface area contributed by atoms with E-state index in [-0.39, 0.29) is 5.91 Å². The number of methoxy groups -OCH3 is 1. The van der Waals surface area contributed by atoms with Crippen molar-refractivity contribution >= 4 is 35.3 Å². The summed E-state index contributed by atoms with van der Waals surface area (Å²) < 4.78 is 7.52. The highest BCUT2D eigenvalue weighted by Gasteiger charge is 2.24. The standard InChI is InChI=1S/C12H19N3O2S2/c1-17-8-4-7-15-10(13)9(19-12(15)18)11(16)14-5-2-3-6-14/h2-8,13H2,1H3. The molecule has 1 aromatic heterocycles. The average molecular weight is 301 g/mol. The van der Waals surface area contributed by atoms with Gasteiger partial charge in [-0.1, -0.05) is 11.3 Å². The van der Waals surface area contributed by atoms with Gasteiger partial charge in [-0.2, -0.15) is 0 Å². The van der Waals surface area contributed by atoms with Crippen molar-refractivity contribution in [2.45, 2.75) is 25.8 Å². The normalized spacial score (nSPS) is 15.1. The Labute approximate surface area is 122 Å². The van der Waals surface area contributed by atoms with E-state index in [9.17, 15) is 4.79 Å². The molecular weight excluding hydrogens is 282 g/mol. The van der Waals surface area contributed by atoms with E-state index in [1.165, 1.54) is 11.3 Å². The lowest BCUT2D eigenvalue weighted by atomic mass is 10.4. The number of carbonyl (C=O) groups excluding carboxylic acids is 1. The smallest absolute Gasteiger partial charge is 0.267 e. The second-order valence-electron chi connectivity index (χ2n) is 4.58. The monoisotopic (exact) mass is 301 g/mol. The molecule has 7 heteroatoms. The van der Waals surface area contributed by atoms with Crippen LogP contribution >= 0.6 is 23.6 Å². The van der Waals surface area contributed by atoms with Crippen LogP contribution in [0.15, 0.2) is 0 Å². The van der Waals surface area contributed by atoms with Crippen LogP contribution in [-0.2, 0) is 11.3 Å². The molecule has 106 valence electrons. The van der Waals surface area contributed by atoms with Gasteiger partial charge in [-0.05, 0) is 31.5 Å². The predicted octanol–water partition coefficient (Wildman–Crippen LogP) is 2.13. The van der Waals surface area contributed by atoms with Gasteiger partial charge in [-0.3, -0.25) is 4.79 Å². The van der Waals surface area contributed by atoms with Crippen LogP contribution in [-0.4, -0.2) is 42.2 Å².